The van der Waals surface area contributed by atoms with Crippen molar-refractivity contribution in [3.05, 3.63) is 47.0 Å². The van der Waals surface area contributed by atoms with E-state index in [1.165, 1.54) is 11.3 Å². The normalized spacial score (nSPS) is 14.1. The molecular weight excluding hydrogens is 402 g/mol. The summed E-state index contributed by atoms with van der Waals surface area (Å²) in [4.78, 5) is 30.1. The average Bonchev–Trinajstić information content (AvgIpc) is 3.35. The molecule has 0 aliphatic carbocycles. The average molecular weight is 428 g/mol. The van der Waals surface area contributed by atoms with E-state index in [0.717, 1.165) is 21.6 Å². The van der Waals surface area contributed by atoms with Gasteiger partial charge in [-0.3, -0.25) is 4.79 Å². The number of carbonyl (C=O) groups excluding carboxylic acids is 2. The number of hydrogen-bond donors (Lipinski definition) is 1. The van der Waals surface area contributed by atoms with Crippen LogP contribution in [0.4, 0.5) is 4.79 Å². The summed E-state index contributed by atoms with van der Waals surface area (Å²) in [7, 11) is 1.75. The number of para-hydroxylation sites is 1. The van der Waals surface area contributed by atoms with Gasteiger partial charge in [-0.25, -0.2) is 9.48 Å². The second-order valence-electron chi connectivity index (χ2n) is 7.22. The molecule has 2 aromatic heterocycles. The highest BCUT2D eigenvalue weighted by molar-refractivity contribution is 7.20. The number of aryl methyl sites for hydroxylation is 1. The van der Waals surface area contributed by atoms with Crippen molar-refractivity contribution in [2.24, 2.45) is 0 Å². The number of fused-ring (bicyclic) bond motifs is 1. The summed E-state index contributed by atoms with van der Waals surface area (Å²) in [6.07, 6.45) is 0. The number of rotatable bonds is 5. The number of morpholine rings is 1. The zero-order chi connectivity index (χ0) is 21.1. The van der Waals surface area contributed by atoms with Gasteiger partial charge in [-0.1, -0.05) is 18.2 Å². The molecule has 8 nitrogen and oxygen atoms in total. The number of hydrogen-bond acceptors (Lipinski definition) is 5. The van der Waals surface area contributed by atoms with Crippen LogP contribution < -0.4 is 5.32 Å². The van der Waals surface area contributed by atoms with Crippen LogP contribution in [0, 0.1) is 6.92 Å². The summed E-state index contributed by atoms with van der Waals surface area (Å²) >= 11 is 1.42. The summed E-state index contributed by atoms with van der Waals surface area (Å²) in [5.74, 6) is -0.137. The van der Waals surface area contributed by atoms with E-state index in [0.29, 0.717) is 44.3 Å². The number of nitrogens with one attached hydrogen (secondary N) is 1. The molecule has 0 spiro atoms. The molecule has 4 rings (SSSR count). The lowest BCUT2D eigenvalue weighted by molar-refractivity contribution is 0.0453. The molecule has 1 aromatic carbocycles. The molecule has 0 radical (unpaired) electrons. The lowest BCUT2D eigenvalue weighted by Crippen LogP contribution is -2.48. The summed E-state index contributed by atoms with van der Waals surface area (Å²) in [6.45, 7) is 5.14. The molecule has 0 saturated carbocycles. The monoisotopic (exact) mass is 427 g/mol. The summed E-state index contributed by atoms with van der Waals surface area (Å²) < 4.78 is 7.16. The zero-order valence-corrected chi connectivity index (χ0v) is 17.9. The van der Waals surface area contributed by atoms with Gasteiger partial charge in [0.05, 0.1) is 29.5 Å². The molecule has 1 aliphatic heterocycles. The van der Waals surface area contributed by atoms with Gasteiger partial charge in [0, 0.05) is 38.6 Å². The van der Waals surface area contributed by atoms with Crippen LogP contribution in [0.25, 0.3) is 15.9 Å². The first-order valence-electron chi connectivity index (χ1n) is 9.95. The number of carbonyl (C=O) groups is 2. The molecule has 9 heteroatoms. The Bertz CT molecular complexity index is 1040. The van der Waals surface area contributed by atoms with Crippen molar-refractivity contribution in [2.45, 2.75) is 6.92 Å². The third-order valence-electron chi connectivity index (χ3n) is 5.11. The third kappa shape index (κ3) is 4.17. The van der Waals surface area contributed by atoms with E-state index in [1.807, 2.05) is 48.0 Å². The molecule has 1 fully saturated rings. The molecule has 30 heavy (non-hydrogen) atoms. The second kappa shape index (κ2) is 8.85. The van der Waals surface area contributed by atoms with E-state index >= 15 is 0 Å². The molecule has 3 aromatic rings. The highest BCUT2D eigenvalue weighted by atomic mass is 32.1. The van der Waals surface area contributed by atoms with Gasteiger partial charge in [-0.05, 0) is 25.1 Å². The molecular formula is C21H25N5O3S. The van der Waals surface area contributed by atoms with Crippen molar-refractivity contribution in [1.29, 1.82) is 0 Å². The molecule has 3 amide bonds. The Morgan fingerprint density at radius 2 is 1.97 bits per heavy atom. The minimum Gasteiger partial charge on any atom is -0.378 e. The van der Waals surface area contributed by atoms with Crippen LogP contribution in [0.15, 0.2) is 36.4 Å². The summed E-state index contributed by atoms with van der Waals surface area (Å²) in [6, 6.07) is 11.7. The largest absolute Gasteiger partial charge is 0.378 e. The summed E-state index contributed by atoms with van der Waals surface area (Å²) in [5, 5.41) is 8.51. The first-order chi connectivity index (χ1) is 14.5. The number of benzene rings is 1. The van der Waals surface area contributed by atoms with Gasteiger partial charge in [0.1, 0.15) is 4.83 Å². The van der Waals surface area contributed by atoms with Crippen LogP contribution in [0.1, 0.15) is 15.4 Å². The number of nitrogens with zero attached hydrogens (tertiary/aromatic N) is 4. The topological polar surface area (TPSA) is 79.7 Å². The Balaban J connectivity index is 1.38. The maximum absolute atomic E-state index is 12.7. The van der Waals surface area contributed by atoms with Crippen molar-refractivity contribution < 1.29 is 14.3 Å². The van der Waals surface area contributed by atoms with Gasteiger partial charge < -0.3 is 19.9 Å². The lowest BCUT2D eigenvalue weighted by atomic mass is 10.3. The van der Waals surface area contributed by atoms with Crippen molar-refractivity contribution in [3.8, 4) is 5.69 Å². The first-order valence-corrected chi connectivity index (χ1v) is 10.8. The van der Waals surface area contributed by atoms with E-state index in [9.17, 15) is 9.59 Å². The fourth-order valence-corrected chi connectivity index (χ4v) is 4.52. The molecule has 1 aliphatic rings. The Morgan fingerprint density at radius 3 is 2.70 bits per heavy atom. The van der Waals surface area contributed by atoms with Crippen molar-refractivity contribution in [2.75, 3.05) is 46.4 Å². The molecule has 158 valence electrons. The van der Waals surface area contributed by atoms with Crippen molar-refractivity contribution in [3.63, 3.8) is 0 Å². The van der Waals surface area contributed by atoms with E-state index < -0.39 is 0 Å². The summed E-state index contributed by atoms with van der Waals surface area (Å²) in [5.41, 5.74) is 1.85. The standard InChI is InChI=1S/C21H25N5O3S/c1-15-17-14-18(30-20(17)26(23-15)16-6-4-3-5-7-16)19(27)22-8-9-24(2)21(28)25-10-12-29-13-11-25/h3-7,14H,8-13H2,1-2H3,(H,22,27). The van der Waals surface area contributed by atoms with Gasteiger partial charge in [-0.2, -0.15) is 5.10 Å². The van der Waals surface area contributed by atoms with Gasteiger partial charge in [0.2, 0.25) is 0 Å². The number of thiophene rings is 1. The van der Waals surface area contributed by atoms with Gasteiger partial charge >= 0.3 is 6.03 Å². The Kier molecular flexibility index (Phi) is 6.01. The molecule has 3 heterocycles. The lowest BCUT2D eigenvalue weighted by Gasteiger charge is -2.31. The first kappa shape index (κ1) is 20.4. The van der Waals surface area contributed by atoms with Gasteiger partial charge in [0.25, 0.3) is 5.91 Å². The highest BCUT2D eigenvalue weighted by Gasteiger charge is 2.21. The quantitative estimate of drug-likeness (QED) is 0.679. The van der Waals surface area contributed by atoms with Gasteiger partial charge in [-0.15, -0.1) is 11.3 Å². The minimum absolute atomic E-state index is 0.0343. The number of urea groups is 1. The Morgan fingerprint density at radius 1 is 1.23 bits per heavy atom. The number of aromatic nitrogens is 2. The van der Waals surface area contributed by atoms with E-state index in [2.05, 4.69) is 10.4 Å². The molecule has 1 saturated heterocycles. The smallest absolute Gasteiger partial charge is 0.319 e. The predicted molar refractivity (Wildman–Crippen MR) is 116 cm³/mol. The fourth-order valence-electron chi connectivity index (χ4n) is 3.42. The predicted octanol–water partition coefficient (Wildman–Crippen LogP) is 2.51. The van der Waals surface area contributed by atoms with E-state index in [4.69, 9.17) is 4.74 Å². The maximum atomic E-state index is 12.7. The number of likely N-dealkylation sites (N-methyl/N-ethyl adjacent to an activating group) is 1. The number of amides is 3. The van der Waals surface area contributed by atoms with E-state index in [-0.39, 0.29) is 11.9 Å². The molecule has 1 N–H and O–H groups in total. The molecule has 0 unspecified atom stereocenters. The fraction of sp³-hybridized carbons (Fsp3) is 0.381. The molecule has 0 bridgehead atoms. The minimum atomic E-state index is -0.137. The van der Waals surface area contributed by atoms with Gasteiger partial charge in [0.15, 0.2) is 0 Å². The van der Waals surface area contributed by atoms with Crippen LogP contribution in [0.3, 0.4) is 0 Å². The Hall–Kier alpha value is -2.91. The van der Waals surface area contributed by atoms with Crippen LogP contribution in [0.2, 0.25) is 0 Å². The van der Waals surface area contributed by atoms with Crippen molar-refractivity contribution in [1.82, 2.24) is 24.9 Å². The Labute approximate surface area is 179 Å². The zero-order valence-electron chi connectivity index (χ0n) is 17.1. The van der Waals surface area contributed by atoms with Crippen LogP contribution >= 0.6 is 11.3 Å². The van der Waals surface area contributed by atoms with Crippen LogP contribution in [0.5, 0.6) is 0 Å². The van der Waals surface area contributed by atoms with Crippen LogP contribution in [-0.4, -0.2) is 78.0 Å². The third-order valence-corrected chi connectivity index (χ3v) is 6.22. The van der Waals surface area contributed by atoms with Crippen LogP contribution in [-0.2, 0) is 4.74 Å². The maximum Gasteiger partial charge on any atom is 0.319 e. The van der Waals surface area contributed by atoms with Crippen molar-refractivity contribution >= 4 is 33.5 Å². The SMILES string of the molecule is Cc1nn(-c2ccccc2)c2sc(C(=O)NCCN(C)C(=O)N3CCOCC3)cc12. The highest BCUT2D eigenvalue weighted by Crippen LogP contribution is 2.30. The van der Waals surface area contributed by atoms with E-state index in [1.54, 1.807) is 16.8 Å². The number of ether oxygens (including phenoxy) is 1. The molecule has 0 atom stereocenters. The second-order valence-corrected chi connectivity index (χ2v) is 8.25.